The summed E-state index contributed by atoms with van der Waals surface area (Å²) >= 11 is 0. The van der Waals surface area contributed by atoms with Crippen LogP contribution in [0.1, 0.15) is 70.1 Å². The van der Waals surface area contributed by atoms with E-state index in [1.54, 1.807) is 0 Å². The van der Waals surface area contributed by atoms with E-state index in [0.717, 1.165) is 37.7 Å². The summed E-state index contributed by atoms with van der Waals surface area (Å²) in [6, 6.07) is 7.92. The van der Waals surface area contributed by atoms with E-state index in [1.165, 1.54) is 5.56 Å². The zero-order chi connectivity index (χ0) is 17.1. The van der Waals surface area contributed by atoms with E-state index in [0.29, 0.717) is 0 Å². The Morgan fingerprint density at radius 1 is 1.22 bits per heavy atom. The SMILES string of the molecule is CC(C)(C)c1ccc(C(O)CNC(=O)C2(N)CCCCC2)cc1. The minimum absolute atomic E-state index is 0.0879. The van der Waals surface area contributed by atoms with Gasteiger partial charge in [0, 0.05) is 6.54 Å². The number of carbonyl (C=O) groups is 1. The van der Waals surface area contributed by atoms with Crippen molar-refractivity contribution in [1.29, 1.82) is 0 Å². The summed E-state index contributed by atoms with van der Waals surface area (Å²) in [6.07, 6.45) is 3.90. The summed E-state index contributed by atoms with van der Waals surface area (Å²) in [5.41, 5.74) is 7.57. The molecule has 1 unspecified atom stereocenters. The lowest BCUT2D eigenvalue weighted by molar-refractivity contribution is -0.128. The van der Waals surface area contributed by atoms with E-state index in [4.69, 9.17) is 5.73 Å². The summed E-state index contributed by atoms with van der Waals surface area (Å²) in [7, 11) is 0. The maximum atomic E-state index is 12.3. The molecule has 4 heteroatoms. The van der Waals surface area contributed by atoms with Crippen LogP contribution in [0.5, 0.6) is 0 Å². The van der Waals surface area contributed by atoms with E-state index in [9.17, 15) is 9.90 Å². The third-order valence-electron chi connectivity index (χ3n) is 4.82. The van der Waals surface area contributed by atoms with Gasteiger partial charge in [0.2, 0.25) is 5.91 Å². The lowest BCUT2D eigenvalue weighted by Crippen LogP contribution is -2.55. The molecule has 1 atom stereocenters. The number of amides is 1. The van der Waals surface area contributed by atoms with Crippen LogP contribution in [0.15, 0.2) is 24.3 Å². The number of nitrogens with two attached hydrogens (primary N) is 1. The van der Waals surface area contributed by atoms with Gasteiger partial charge >= 0.3 is 0 Å². The van der Waals surface area contributed by atoms with Crippen molar-refractivity contribution in [3.8, 4) is 0 Å². The highest BCUT2D eigenvalue weighted by atomic mass is 16.3. The van der Waals surface area contributed by atoms with Crippen molar-refractivity contribution in [3.05, 3.63) is 35.4 Å². The molecular weight excluding hydrogens is 288 g/mol. The molecule has 1 aliphatic rings. The molecule has 23 heavy (non-hydrogen) atoms. The fraction of sp³-hybridized carbons (Fsp3) is 0.632. The van der Waals surface area contributed by atoms with Gasteiger partial charge in [0.1, 0.15) is 0 Å². The van der Waals surface area contributed by atoms with Crippen LogP contribution in [0.4, 0.5) is 0 Å². The van der Waals surface area contributed by atoms with Gasteiger partial charge in [-0.1, -0.05) is 64.3 Å². The summed E-state index contributed by atoms with van der Waals surface area (Å²) < 4.78 is 0. The van der Waals surface area contributed by atoms with E-state index in [2.05, 4.69) is 26.1 Å². The largest absolute Gasteiger partial charge is 0.387 e. The molecule has 0 heterocycles. The van der Waals surface area contributed by atoms with Crippen molar-refractivity contribution >= 4 is 5.91 Å². The molecule has 0 bridgehead atoms. The van der Waals surface area contributed by atoms with Crippen molar-refractivity contribution in [2.75, 3.05) is 6.54 Å². The minimum Gasteiger partial charge on any atom is -0.387 e. The van der Waals surface area contributed by atoms with Gasteiger partial charge in [-0.05, 0) is 29.4 Å². The Morgan fingerprint density at radius 3 is 2.30 bits per heavy atom. The predicted molar refractivity (Wildman–Crippen MR) is 93.1 cm³/mol. The molecule has 4 N–H and O–H groups in total. The lowest BCUT2D eigenvalue weighted by Gasteiger charge is -2.32. The summed E-state index contributed by atoms with van der Waals surface area (Å²) in [4.78, 5) is 12.3. The van der Waals surface area contributed by atoms with Gasteiger partial charge in [0.25, 0.3) is 0 Å². The van der Waals surface area contributed by atoms with Crippen LogP contribution >= 0.6 is 0 Å². The van der Waals surface area contributed by atoms with Crippen molar-refractivity contribution in [2.45, 2.75) is 69.9 Å². The van der Waals surface area contributed by atoms with Gasteiger partial charge in [-0.15, -0.1) is 0 Å². The fourth-order valence-corrected chi connectivity index (χ4v) is 3.10. The zero-order valence-electron chi connectivity index (χ0n) is 14.6. The van der Waals surface area contributed by atoms with Crippen LogP contribution < -0.4 is 11.1 Å². The lowest BCUT2D eigenvalue weighted by atomic mass is 9.82. The molecule has 1 amide bonds. The smallest absolute Gasteiger partial charge is 0.240 e. The molecule has 0 saturated heterocycles. The topological polar surface area (TPSA) is 75.3 Å². The number of benzene rings is 1. The Morgan fingerprint density at radius 2 is 1.78 bits per heavy atom. The average Bonchev–Trinajstić information content (AvgIpc) is 2.52. The van der Waals surface area contributed by atoms with Gasteiger partial charge in [0.05, 0.1) is 11.6 Å². The molecule has 0 spiro atoms. The van der Waals surface area contributed by atoms with Crippen LogP contribution in [0.3, 0.4) is 0 Å². The molecule has 4 nitrogen and oxygen atoms in total. The number of aliphatic hydroxyl groups is 1. The van der Waals surface area contributed by atoms with Gasteiger partial charge < -0.3 is 16.2 Å². The van der Waals surface area contributed by atoms with Crippen LogP contribution in [-0.2, 0) is 10.2 Å². The van der Waals surface area contributed by atoms with Crippen molar-refractivity contribution < 1.29 is 9.90 Å². The van der Waals surface area contributed by atoms with Gasteiger partial charge in [-0.25, -0.2) is 0 Å². The Hall–Kier alpha value is -1.39. The Balaban J connectivity index is 1.91. The van der Waals surface area contributed by atoms with E-state index < -0.39 is 11.6 Å². The predicted octanol–water partition coefficient (Wildman–Crippen LogP) is 2.80. The first-order valence-electron chi connectivity index (χ1n) is 8.58. The van der Waals surface area contributed by atoms with Crippen molar-refractivity contribution in [3.63, 3.8) is 0 Å². The van der Waals surface area contributed by atoms with Crippen molar-refractivity contribution in [2.24, 2.45) is 5.73 Å². The molecule has 2 rings (SSSR count). The summed E-state index contributed by atoms with van der Waals surface area (Å²) in [6.45, 7) is 6.67. The monoisotopic (exact) mass is 318 g/mol. The third-order valence-corrected chi connectivity index (χ3v) is 4.82. The summed E-state index contributed by atoms with van der Waals surface area (Å²) in [5.74, 6) is -0.137. The highest BCUT2D eigenvalue weighted by molar-refractivity contribution is 5.86. The van der Waals surface area contributed by atoms with Crippen LogP contribution in [0, 0.1) is 0 Å². The number of rotatable bonds is 4. The number of carbonyl (C=O) groups excluding carboxylic acids is 1. The molecule has 0 aliphatic heterocycles. The molecule has 1 aromatic carbocycles. The standard InChI is InChI=1S/C19H30N2O2/c1-18(2,3)15-9-7-14(8-10-15)16(22)13-21-17(23)19(20)11-5-4-6-12-19/h7-10,16,22H,4-6,11-13,20H2,1-3H3,(H,21,23). The van der Waals surface area contributed by atoms with Crippen molar-refractivity contribution in [1.82, 2.24) is 5.32 Å². The molecule has 1 aromatic rings. The first-order chi connectivity index (χ1) is 10.7. The highest BCUT2D eigenvalue weighted by Gasteiger charge is 2.35. The maximum Gasteiger partial charge on any atom is 0.240 e. The molecule has 1 saturated carbocycles. The Labute approximate surface area is 139 Å². The first kappa shape index (κ1) is 18.0. The molecule has 1 aliphatic carbocycles. The summed E-state index contributed by atoms with van der Waals surface area (Å²) in [5, 5.41) is 13.1. The normalized spacial score (nSPS) is 19.2. The fourth-order valence-electron chi connectivity index (χ4n) is 3.10. The van der Waals surface area contributed by atoms with Crippen LogP contribution in [-0.4, -0.2) is 23.1 Å². The second kappa shape index (κ2) is 7.02. The maximum absolute atomic E-state index is 12.3. The zero-order valence-corrected chi connectivity index (χ0v) is 14.6. The van der Waals surface area contributed by atoms with Crippen LogP contribution in [0.25, 0.3) is 0 Å². The van der Waals surface area contributed by atoms with E-state index in [-0.39, 0.29) is 17.9 Å². The van der Waals surface area contributed by atoms with Gasteiger partial charge in [0.15, 0.2) is 0 Å². The molecule has 128 valence electrons. The number of aliphatic hydroxyl groups excluding tert-OH is 1. The Bertz CT molecular complexity index is 525. The molecular formula is C19H30N2O2. The number of nitrogens with one attached hydrogen (secondary N) is 1. The quantitative estimate of drug-likeness (QED) is 0.799. The molecule has 0 aromatic heterocycles. The minimum atomic E-state index is -0.756. The average molecular weight is 318 g/mol. The molecule has 0 radical (unpaired) electrons. The second-order valence-electron chi connectivity index (χ2n) is 7.81. The Kier molecular flexibility index (Phi) is 5.48. The molecule has 1 fully saturated rings. The highest BCUT2D eigenvalue weighted by Crippen LogP contribution is 2.26. The third kappa shape index (κ3) is 4.55. The van der Waals surface area contributed by atoms with E-state index >= 15 is 0 Å². The second-order valence-corrected chi connectivity index (χ2v) is 7.81. The first-order valence-corrected chi connectivity index (χ1v) is 8.58. The van der Waals surface area contributed by atoms with Gasteiger partial charge in [-0.3, -0.25) is 4.79 Å². The van der Waals surface area contributed by atoms with Crippen LogP contribution in [0.2, 0.25) is 0 Å². The number of hydrogen-bond donors (Lipinski definition) is 3. The van der Waals surface area contributed by atoms with E-state index in [1.807, 2.05) is 24.3 Å². The van der Waals surface area contributed by atoms with Gasteiger partial charge in [-0.2, -0.15) is 0 Å². The number of hydrogen-bond acceptors (Lipinski definition) is 3.